The Hall–Kier alpha value is -2.31. The van der Waals surface area contributed by atoms with E-state index in [0.29, 0.717) is 13.2 Å². The largest absolute Gasteiger partial charge is 0.379 e. The molecule has 2 atom stereocenters. The summed E-state index contributed by atoms with van der Waals surface area (Å²) in [6.07, 6.45) is 3.37. The van der Waals surface area contributed by atoms with Crippen molar-refractivity contribution in [2.24, 2.45) is 0 Å². The van der Waals surface area contributed by atoms with E-state index in [1.807, 2.05) is 19.1 Å². The Balaban J connectivity index is 1.79. The summed E-state index contributed by atoms with van der Waals surface area (Å²) in [7, 11) is 0. The summed E-state index contributed by atoms with van der Waals surface area (Å²) in [5, 5.41) is 3.09. The molecule has 2 heterocycles. The smallest absolute Gasteiger partial charge is 0.237 e. The van der Waals surface area contributed by atoms with Crippen LogP contribution in [-0.2, 0) is 9.53 Å². The molecule has 1 fully saturated rings. The number of carbonyl (C=O) groups is 1. The van der Waals surface area contributed by atoms with Crippen LogP contribution in [0.4, 0.5) is 4.39 Å². The molecule has 0 radical (unpaired) electrons. The highest BCUT2D eigenvalue weighted by atomic mass is 19.1. The van der Waals surface area contributed by atoms with E-state index in [9.17, 15) is 9.18 Å². The van der Waals surface area contributed by atoms with Gasteiger partial charge in [0, 0.05) is 25.5 Å². The maximum absolute atomic E-state index is 13.3. The van der Waals surface area contributed by atoms with Crippen LogP contribution in [0.15, 0.2) is 48.8 Å². The number of carbonyl (C=O) groups excluding carboxylic acids is 1. The van der Waals surface area contributed by atoms with E-state index in [1.165, 1.54) is 12.1 Å². The van der Waals surface area contributed by atoms with E-state index in [1.54, 1.807) is 24.5 Å². The second-order valence-electron chi connectivity index (χ2n) is 6.10. The number of pyridine rings is 1. The molecule has 2 aromatic rings. The summed E-state index contributed by atoms with van der Waals surface area (Å²) in [5.41, 5.74) is 1.74. The van der Waals surface area contributed by atoms with Crippen molar-refractivity contribution in [3.05, 3.63) is 65.7 Å². The Morgan fingerprint density at radius 2 is 1.72 bits per heavy atom. The van der Waals surface area contributed by atoms with E-state index in [2.05, 4.69) is 15.2 Å². The third-order valence-corrected chi connectivity index (χ3v) is 4.50. The molecule has 1 aliphatic heterocycles. The summed E-state index contributed by atoms with van der Waals surface area (Å²) in [6.45, 7) is 4.66. The van der Waals surface area contributed by atoms with Gasteiger partial charge in [0.05, 0.1) is 25.3 Å². The van der Waals surface area contributed by atoms with Gasteiger partial charge in [0.15, 0.2) is 0 Å². The van der Waals surface area contributed by atoms with Crippen molar-refractivity contribution in [1.29, 1.82) is 0 Å². The van der Waals surface area contributed by atoms with Gasteiger partial charge in [-0.05, 0) is 42.3 Å². The first-order valence-corrected chi connectivity index (χ1v) is 8.42. The van der Waals surface area contributed by atoms with Crippen molar-refractivity contribution in [2.45, 2.75) is 19.0 Å². The number of halogens is 1. The topological polar surface area (TPSA) is 54.5 Å². The molecular formula is C19H22FN3O2. The van der Waals surface area contributed by atoms with E-state index in [0.717, 1.165) is 24.2 Å². The Morgan fingerprint density at radius 3 is 2.36 bits per heavy atom. The van der Waals surface area contributed by atoms with Gasteiger partial charge in [0.2, 0.25) is 5.91 Å². The van der Waals surface area contributed by atoms with Crippen LogP contribution >= 0.6 is 0 Å². The standard InChI is InChI=1S/C19H22FN3O2/c1-14(23-10-12-25-13-11-23)19(24)22-18(16-6-8-21-9-7-16)15-2-4-17(20)5-3-15/h2-9,14,18H,10-13H2,1H3,(H,22,24). The van der Waals surface area contributed by atoms with Gasteiger partial charge in [0.1, 0.15) is 5.82 Å². The van der Waals surface area contributed by atoms with E-state index in [-0.39, 0.29) is 23.8 Å². The molecule has 1 aromatic heterocycles. The second kappa shape index (κ2) is 8.18. The molecule has 0 spiro atoms. The molecule has 0 bridgehead atoms. The van der Waals surface area contributed by atoms with Crippen molar-refractivity contribution in [2.75, 3.05) is 26.3 Å². The lowest BCUT2D eigenvalue weighted by Crippen LogP contribution is -2.50. The lowest BCUT2D eigenvalue weighted by Gasteiger charge is -2.32. The monoisotopic (exact) mass is 343 g/mol. The zero-order valence-corrected chi connectivity index (χ0v) is 14.2. The fourth-order valence-corrected chi connectivity index (χ4v) is 2.96. The van der Waals surface area contributed by atoms with Crippen molar-refractivity contribution in [1.82, 2.24) is 15.2 Å². The summed E-state index contributed by atoms with van der Waals surface area (Å²) < 4.78 is 18.6. The zero-order valence-electron chi connectivity index (χ0n) is 14.2. The molecule has 5 nitrogen and oxygen atoms in total. The number of amides is 1. The molecule has 3 rings (SSSR count). The summed E-state index contributed by atoms with van der Waals surface area (Å²) in [5.74, 6) is -0.363. The van der Waals surface area contributed by atoms with Crippen molar-refractivity contribution < 1.29 is 13.9 Å². The lowest BCUT2D eigenvalue weighted by molar-refractivity contribution is -0.128. The summed E-state index contributed by atoms with van der Waals surface area (Å²) in [6, 6.07) is 9.30. The van der Waals surface area contributed by atoms with Crippen LogP contribution in [0.2, 0.25) is 0 Å². The molecule has 1 N–H and O–H groups in total. The number of hydrogen-bond acceptors (Lipinski definition) is 4. The van der Waals surface area contributed by atoms with Gasteiger partial charge in [-0.3, -0.25) is 14.7 Å². The molecule has 0 aliphatic carbocycles. The highest BCUT2D eigenvalue weighted by molar-refractivity contribution is 5.82. The van der Waals surface area contributed by atoms with Gasteiger partial charge >= 0.3 is 0 Å². The molecule has 132 valence electrons. The number of aromatic nitrogens is 1. The molecule has 0 saturated carbocycles. The Morgan fingerprint density at radius 1 is 1.12 bits per heavy atom. The summed E-state index contributed by atoms with van der Waals surface area (Å²) >= 11 is 0. The minimum Gasteiger partial charge on any atom is -0.379 e. The van der Waals surface area contributed by atoms with Gasteiger partial charge < -0.3 is 10.1 Å². The number of ether oxygens (including phenoxy) is 1. The number of nitrogens with zero attached hydrogens (tertiary/aromatic N) is 2. The van der Waals surface area contributed by atoms with Gasteiger partial charge in [-0.25, -0.2) is 4.39 Å². The molecule has 2 unspecified atom stereocenters. The lowest BCUT2D eigenvalue weighted by atomic mass is 9.99. The van der Waals surface area contributed by atoms with Gasteiger partial charge in [0.25, 0.3) is 0 Å². The van der Waals surface area contributed by atoms with Crippen molar-refractivity contribution >= 4 is 5.91 Å². The highest BCUT2D eigenvalue weighted by Crippen LogP contribution is 2.22. The predicted molar refractivity (Wildman–Crippen MR) is 92.5 cm³/mol. The third kappa shape index (κ3) is 4.41. The Bertz CT molecular complexity index is 688. The van der Waals surface area contributed by atoms with Crippen molar-refractivity contribution in [3.8, 4) is 0 Å². The highest BCUT2D eigenvalue weighted by Gasteiger charge is 2.26. The molecular weight excluding hydrogens is 321 g/mol. The Labute approximate surface area is 146 Å². The van der Waals surface area contributed by atoms with Crippen LogP contribution in [0.3, 0.4) is 0 Å². The average molecular weight is 343 g/mol. The van der Waals surface area contributed by atoms with Gasteiger partial charge in [-0.2, -0.15) is 0 Å². The first-order chi connectivity index (χ1) is 12.1. The maximum atomic E-state index is 13.3. The van der Waals surface area contributed by atoms with Crippen LogP contribution in [0, 0.1) is 5.82 Å². The minimum absolute atomic E-state index is 0.0620. The summed E-state index contributed by atoms with van der Waals surface area (Å²) in [4.78, 5) is 18.9. The maximum Gasteiger partial charge on any atom is 0.237 e. The molecule has 1 aromatic carbocycles. The SMILES string of the molecule is CC(C(=O)NC(c1ccncc1)c1ccc(F)cc1)N1CCOCC1. The second-order valence-corrected chi connectivity index (χ2v) is 6.10. The average Bonchev–Trinajstić information content (AvgIpc) is 2.67. The van der Waals surface area contributed by atoms with E-state index >= 15 is 0 Å². The normalized spacial score (nSPS) is 17.7. The van der Waals surface area contributed by atoms with Gasteiger partial charge in [-0.15, -0.1) is 0 Å². The Kier molecular flexibility index (Phi) is 5.73. The van der Waals surface area contributed by atoms with Crippen LogP contribution in [0.5, 0.6) is 0 Å². The van der Waals surface area contributed by atoms with Crippen LogP contribution < -0.4 is 5.32 Å². The number of rotatable bonds is 5. The van der Waals surface area contributed by atoms with Crippen LogP contribution in [-0.4, -0.2) is 48.1 Å². The van der Waals surface area contributed by atoms with Gasteiger partial charge in [-0.1, -0.05) is 12.1 Å². The minimum atomic E-state index is -0.348. The molecule has 1 amide bonds. The molecule has 1 saturated heterocycles. The number of hydrogen-bond donors (Lipinski definition) is 1. The first-order valence-electron chi connectivity index (χ1n) is 8.42. The van der Waals surface area contributed by atoms with E-state index < -0.39 is 0 Å². The molecule has 6 heteroatoms. The van der Waals surface area contributed by atoms with Crippen molar-refractivity contribution in [3.63, 3.8) is 0 Å². The number of nitrogens with one attached hydrogen (secondary N) is 1. The fourth-order valence-electron chi connectivity index (χ4n) is 2.96. The third-order valence-electron chi connectivity index (χ3n) is 4.50. The number of benzene rings is 1. The predicted octanol–water partition coefficient (Wildman–Crippen LogP) is 2.15. The molecule has 25 heavy (non-hydrogen) atoms. The first kappa shape index (κ1) is 17.5. The quantitative estimate of drug-likeness (QED) is 0.904. The fraction of sp³-hybridized carbons (Fsp3) is 0.368. The zero-order chi connectivity index (χ0) is 17.6. The van der Waals surface area contributed by atoms with Crippen LogP contribution in [0.25, 0.3) is 0 Å². The number of morpholine rings is 1. The van der Waals surface area contributed by atoms with Crippen LogP contribution in [0.1, 0.15) is 24.1 Å². The molecule has 1 aliphatic rings. The van der Waals surface area contributed by atoms with E-state index in [4.69, 9.17) is 4.74 Å².